The Kier molecular flexibility index (Phi) is 2.22. The van der Waals surface area contributed by atoms with Crippen molar-refractivity contribution in [1.29, 1.82) is 0 Å². The highest BCUT2D eigenvalue weighted by Gasteiger charge is 1.89. The summed E-state index contributed by atoms with van der Waals surface area (Å²) in [5, 5.41) is 20.6. The fourth-order valence-corrected chi connectivity index (χ4v) is 0.930. The minimum atomic E-state index is 0.211. The normalized spacial score (nSPS) is 10.9. The lowest BCUT2D eigenvalue weighted by Gasteiger charge is -1.92. The highest BCUT2D eigenvalue weighted by atomic mass is 16.3. The van der Waals surface area contributed by atoms with Gasteiger partial charge in [0.2, 0.25) is 0 Å². The highest BCUT2D eigenvalue weighted by molar-refractivity contribution is 5.39. The average Bonchev–Trinajstić information content (AvgIpc) is 2.70. The van der Waals surface area contributed by atoms with Crippen LogP contribution in [0.2, 0.25) is 0 Å². The topological polar surface area (TPSA) is 62.8 Å². The van der Waals surface area contributed by atoms with Crippen LogP contribution in [0.25, 0.3) is 0 Å². The van der Waals surface area contributed by atoms with Gasteiger partial charge in [0.05, 0.1) is 18.1 Å². The van der Waals surface area contributed by atoms with Gasteiger partial charge in [0.1, 0.15) is 5.75 Å². The predicted molar refractivity (Wildman–Crippen MR) is 50.2 cm³/mol. The first-order valence-electron chi connectivity index (χ1n) is 4.05. The van der Waals surface area contributed by atoms with Crippen molar-refractivity contribution in [3.63, 3.8) is 0 Å². The van der Waals surface area contributed by atoms with Gasteiger partial charge in [-0.05, 0) is 35.6 Å². The summed E-state index contributed by atoms with van der Waals surface area (Å²) in [6.07, 6.45) is 3.31. The third-order valence-corrected chi connectivity index (χ3v) is 1.59. The SMILES string of the molecule is Oc1ccc(N=Nn2cccn2)cc1. The predicted octanol–water partition coefficient (Wildman–Crippen LogP) is 2.14. The van der Waals surface area contributed by atoms with Crippen LogP contribution in [-0.4, -0.2) is 15.0 Å². The fraction of sp³-hybridized carbons (Fsp3) is 0. The number of hydrogen-bond acceptors (Lipinski definition) is 4. The first-order chi connectivity index (χ1) is 6.84. The zero-order valence-electron chi connectivity index (χ0n) is 7.28. The number of phenols is 1. The second kappa shape index (κ2) is 3.69. The number of phenolic OH excluding ortho intramolecular Hbond substituents is 1. The van der Waals surface area contributed by atoms with Crippen LogP contribution >= 0.6 is 0 Å². The Bertz CT molecular complexity index is 419. The van der Waals surface area contributed by atoms with Gasteiger partial charge < -0.3 is 5.11 Å². The molecule has 1 aromatic carbocycles. The molecular formula is C9H8N4O. The molecule has 1 aromatic heterocycles. The van der Waals surface area contributed by atoms with Crippen molar-refractivity contribution in [3.8, 4) is 5.75 Å². The molecule has 0 unspecified atom stereocenters. The van der Waals surface area contributed by atoms with Crippen LogP contribution in [0.5, 0.6) is 5.75 Å². The van der Waals surface area contributed by atoms with E-state index in [9.17, 15) is 0 Å². The van der Waals surface area contributed by atoms with Crippen molar-refractivity contribution in [1.82, 2.24) is 9.89 Å². The maximum Gasteiger partial charge on any atom is 0.115 e. The van der Waals surface area contributed by atoms with Crippen LogP contribution in [0.15, 0.2) is 53.1 Å². The van der Waals surface area contributed by atoms with Crippen LogP contribution in [0.3, 0.4) is 0 Å². The molecule has 1 N–H and O–H groups in total. The van der Waals surface area contributed by atoms with Gasteiger partial charge in [0.25, 0.3) is 0 Å². The van der Waals surface area contributed by atoms with Gasteiger partial charge in [0.15, 0.2) is 0 Å². The van der Waals surface area contributed by atoms with Crippen molar-refractivity contribution in [2.45, 2.75) is 0 Å². The molecule has 5 nitrogen and oxygen atoms in total. The Morgan fingerprint density at radius 3 is 2.64 bits per heavy atom. The van der Waals surface area contributed by atoms with Gasteiger partial charge in [-0.25, -0.2) is 0 Å². The number of aromatic hydroxyl groups is 1. The van der Waals surface area contributed by atoms with E-state index in [1.807, 2.05) is 0 Å². The van der Waals surface area contributed by atoms with Crippen LogP contribution < -0.4 is 0 Å². The molecule has 14 heavy (non-hydrogen) atoms. The first kappa shape index (κ1) is 8.43. The van der Waals surface area contributed by atoms with Gasteiger partial charge in [0, 0.05) is 0 Å². The van der Waals surface area contributed by atoms with Crippen molar-refractivity contribution in [2.24, 2.45) is 10.3 Å². The lowest BCUT2D eigenvalue weighted by molar-refractivity contribution is 0.475. The monoisotopic (exact) mass is 188 g/mol. The van der Waals surface area contributed by atoms with E-state index in [0.29, 0.717) is 5.69 Å². The highest BCUT2D eigenvalue weighted by Crippen LogP contribution is 2.16. The minimum absolute atomic E-state index is 0.211. The molecule has 70 valence electrons. The zero-order chi connectivity index (χ0) is 9.80. The largest absolute Gasteiger partial charge is 0.508 e. The quantitative estimate of drug-likeness (QED) is 0.734. The lowest BCUT2D eigenvalue weighted by atomic mass is 10.3. The first-order valence-corrected chi connectivity index (χ1v) is 4.05. The average molecular weight is 188 g/mol. The molecule has 0 aliphatic rings. The molecular weight excluding hydrogens is 180 g/mol. The molecule has 2 aromatic rings. The van der Waals surface area contributed by atoms with E-state index in [0.717, 1.165) is 0 Å². The van der Waals surface area contributed by atoms with Crippen LogP contribution in [0.4, 0.5) is 5.69 Å². The molecule has 0 aliphatic heterocycles. The summed E-state index contributed by atoms with van der Waals surface area (Å²) in [6, 6.07) is 8.20. The summed E-state index contributed by atoms with van der Waals surface area (Å²) in [4.78, 5) is 1.35. The van der Waals surface area contributed by atoms with Gasteiger partial charge in [-0.1, -0.05) is 0 Å². The van der Waals surface area contributed by atoms with E-state index in [2.05, 4.69) is 15.4 Å². The standard InChI is InChI=1S/C9H8N4O/c14-9-4-2-8(3-5-9)11-12-13-7-1-6-10-13/h1-7,14H. The molecule has 0 amide bonds. The number of hydrogen-bond donors (Lipinski definition) is 1. The molecule has 0 radical (unpaired) electrons. The second-order valence-corrected chi connectivity index (χ2v) is 2.63. The molecule has 1 heterocycles. The smallest absolute Gasteiger partial charge is 0.115 e. The molecule has 0 saturated carbocycles. The third kappa shape index (κ3) is 1.95. The van der Waals surface area contributed by atoms with E-state index in [-0.39, 0.29) is 5.75 Å². The number of benzene rings is 1. The number of aromatic nitrogens is 2. The molecule has 0 atom stereocenters. The Balaban J connectivity index is 2.15. The molecule has 0 spiro atoms. The molecule has 0 fully saturated rings. The Morgan fingerprint density at radius 1 is 1.21 bits per heavy atom. The third-order valence-electron chi connectivity index (χ3n) is 1.59. The Labute approximate surface area is 80.3 Å². The molecule has 0 aliphatic carbocycles. The molecule has 0 bridgehead atoms. The van der Waals surface area contributed by atoms with Gasteiger partial charge in [-0.15, -0.1) is 9.91 Å². The van der Waals surface area contributed by atoms with E-state index in [4.69, 9.17) is 5.11 Å². The maximum atomic E-state index is 9.02. The van der Waals surface area contributed by atoms with Crippen LogP contribution in [0.1, 0.15) is 0 Å². The van der Waals surface area contributed by atoms with E-state index >= 15 is 0 Å². The van der Waals surface area contributed by atoms with Crippen molar-refractivity contribution in [3.05, 3.63) is 42.7 Å². The van der Waals surface area contributed by atoms with Crippen molar-refractivity contribution >= 4 is 5.69 Å². The fourth-order valence-electron chi connectivity index (χ4n) is 0.930. The van der Waals surface area contributed by atoms with Crippen LogP contribution in [-0.2, 0) is 0 Å². The van der Waals surface area contributed by atoms with Crippen molar-refractivity contribution in [2.75, 3.05) is 0 Å². The maximum absolute atomic E-state index is 9.02. The number of rotatable bonds is 2. The second-order valence-electron chi connectivity index (χ2n) is 2.63. The van der Waals surface area contributed by atoms with Crippen LogP contribution in [0, 0.1) is 0 Å². The Hall–Kier alpha value is -2.17. The van der Waals surface area contributed by atoms with Gasteiger partial charge in [-0.3, -0.25) is 0 Å². The lowest BCUT2D eigenvalue weighted by Crippen LogP contribution is -1.84. The summed E-state index contributed by atoms with van der Waals surface area (Å²) in [6.45, 7) is 0. The van der Waals surface area contributed by atoms with E-state index in [1.165, 1.54) is 4.79 Å². The molecule has 5 heteroatoms. The van der Waals surface area contributed by atoms with E-state index in [1.54, 1.807) is 42.7 Å². The summed E-state index contributed by atoms with van der Waals surface area (Å²) >= 11 is 0. The Morgan fingerprint density at radius 2 is 2.00 bits per heavy atom. The summed E-state index contributed by atoms with van der Waals surface area (Å²) in [7, 11) is 0. The minimum Gasteiger partial charge on any atom is -0.508 e. The zero-order valence-corrected chi connectivity index (χ0v) is 7.28. The summed E-state index contributed by atoms with van der Waals surface area (Å²) < 4.78 is 0. The molecule has 2 rings (SSSR count). The van der Waals surface area contributed by atoms with Gasteiger partial charge >= 0.3 is 0 Å². The van der Waals surface area contributed by atoms with E-state index < -0.39 is 0 Å². The summed E-state index contributed by atoms with van der Waals surface area (Å²) in [5.41, 5.74) is 0.665. The summed E-state index contributed by atoms with van der Waals surface area (Å²) in [5.74, 6) is 0.211. The van der Waals surface area contributed by atoms with Gasteiger partial charge in [-0.2, -0.15) is 5.10 Å². The molecule has 0 saturated heterocycles. The number of nitrogens with zero attached hydrogens (tertiary/aromatic N) is 4. The van der Waals surface area contributed by atoms with Crippen molar-refractivity contribution < 1.29 is 5.11 Å².